The summed E-state index contributed by atoms with van der Waals surface area (Å²) in [7, 11) is 0. The van der Waals surface area contributed by atoms with Crippen LogP contribution in [-0.2, 0) is 6.54 Å². The number of carbonyl (C=O) groups is 1. The molecule has 26 heavy (non-hydrogen) atoms. The Morgan fingerprint density at radius 2 is 1.42 bits per heavy atom. The lowest BCUT2D eigenvalue weighted by molar-refractivity contribution is -0.657. The van der Waals surface area contributed by atoms with Crippen molar-refractivity contribution in [2.24, 2.45) is 0 Å². The second-order valence-electron chi connectivity index (χ2n) is 6.51. The van der Waals surface area contributed by atoms with E-state index in [2.05, 4.69) is 37.3 Å². The van der Waals surface area contributed by atoms with E-state index in [0.717, 1.165) is 22.2 Å². The first kappa shape index (κ1) is 16.2. The standard InChI is InChI=1S/C24H20NO/c1-18-15-16-25(23-10-6-5-9-22(18)23)17-24(26)21-13-11-20(12-14-21)19-7-3-2-4-8-19/h2-16H,17H2,1H3/q+1. The van der Waals surface area contributed by atoms with Gasteiger partial charge in [-0.25, -0.2) is 0 Å². The second-order valence-corrected chi connectivity index (χ2v) is 6.51. The molecule has 0 radical (unpaired) electrons. The summed E-state index contributed by atoms with van der Waals surface area (Å²) < 4.78 is 2.02. The van der Waals surface area contributed by atoms with Crippen molar-refractivity contribution in [1.82, 2.24) is 0 Å². The third kappa shape index (κ3) is 3.14. The van der Waals surface area contributed by atoms with Gasteiger partial charge < -0.3 is 0 Å². The van der Waals surface area contributed by atoms with Crippen molar-refractivity contribution in [1.29, 1.82) is 0 Å². The van der Waals surface area contributed by atoms with Crippen LogP contribution in [0.5, 0.6) is 0 Å². The number of aryl methyl sites for hydroxylation is 1. The van der Waals surface area contributed by atoms with E-state index in [1.807, 2.05) is 65.4 Å². The van der Waals surface area contributed by atoms with E-state index >= 15 is 0 Å². The minimum absolute atomic E-state index is 0.114. The van der Waals surface area contributed by atoms with Gasteiger partial charge in [0, 0.05) is 23.1 Å². The molecule has 0 aliphatic rings. The average Bonchev–Trinajstić information content (AvgIpc) is 2.71. The van der Waals surface area contributed by atoms with Crippen LogP contribution in [0, 0.1) is 6.92 Å². The van der Waals surface area contributed by atoms with E-state index < -0.39 is 0 Å². The zero-order valence-corrected chi connectivity index (χ0v) is 14.7. The summed E-state index contributed by atoms with van der Waals surface area (Å²) in [5, 5.41) is 1.18. The van der Waals surface area contributed by atoms with E-state index in [-0.39, 0.29) is 5.78 Å². The molecule has 4 aromatic rings. The Balaban J connectivity index is 1.60. The third-order valence-electron chi connectivity index (χ3n) is 4.77. The fourth-order valence-electron chi connectivity index (χ4n) is 3.29. The normalized spacial score (nSPS) is 10.8. The molecule has 2 heteroatoms. The number of benzene rings is 3. The van der Waals surface area contributed by atoms with Crippen LogP contribution in [0.2, 0.25) is 0 Å². The van der Waals surface area contributed by atoms with Crippen molar-refractivity contribution < 1.29 is 9.36 Å². The van der Waals surface area contributed by atoms with Gasteiger partial charge in [0.2, 0.25) is 17.8 Å². The van der Waals surface area contributed by atoms with E-state index in [1.165, 1.54) is 10.9 Å². The van der Waals surface area contributed by atoms with E-state index in [9.17, 15) is 4.79 Å². The number of hydrogen-bond donors (Lipinski definition) is 0. The van der Waals surface area contributed by atoms with Gasteiger partial charge >= 0.3 is 0 Å². The number of ketones is 1. The van der Waals surface area contributed by atoms with Crippen molar-refractivity contribution in [3.05, 3.63) is 102 Å². The van der Waals surface area contributed by atoms with Crippen LogP contribution in [0.15, 0.2) is 91.1 Å². The van der Waals surface area contributed by atoms with Crippen LogP contribution in [0.3, 0.4) is 0 Å². The number of pyridine rings is 1. The fraction of sp³-hybridized carbons (Fsp3) is 0.0833. The maximum Gasteiger partial charge on any atom is 0.227 e. The van der Waals surface area contributed by atoms with Gasteiger partial charge in [-0.3, -0.25) is 4.79 Å². The van der Waals surface area contributed by atoms with Gasteiger partial charge in [0.1, 0.15) is 0 Å². The number of rotatable bonds is 4. The summed E-state index contributed by atoms with van der Waals surface area (Å²) >= 11 is 0. The SMILES string of the molecule is Cc1cc[n+](CC(=O)c2ccc(-c3ccccc3)cc2)c2ccccc12. The molecule has 0 aliphatic heterocycles. The Morgan fingerprint density at radius 1 is 0.769 bits per heavy atom. The molecular weight excluding hydrogens is 318 g/mol. The Morgan fingerprint density at radius 3 is 2.19 bits per heavy atom. The summed E-state index contributed by atoms with van der Waals surface area (Å²) in [6.07, 6.45) is 1.99. The van der Waals surface area contributed by atoms with Gasteiger partial charge in [0.05, 0.1) is 0 Å². The summed E-state index contributed by atoms with van der Waals surface area (Å²) in [5.74, 6) is 0.114. The van der Waals surface area contributed by atoms with Crippen LogP contribution in [-0.4, -0.2) is 5.78 Å². The third-order valence-corrected chi connectivity index (χ3v) is 4.77. The maximum atomic E-state index is 12.8. The molecule has 0 saturated heterocycles. The number of fused-ring (bicyclic) bond motifs is 1. The number of para-hydroxylation sites is 1. The van der Waals surface area contributed by atoms with Crippen molar-refractivity contribution in [3.63, 3.8) is 0 Å². The molecule has 0 N–H and O–H groups in total. The number of Topliss-reactive ketones (excluding diaryl/α,β-unsaturated/α-hetero) is 1. The Hall–Kier alpha value is -3.26. The molecule has 0 saturated carbocycles. The monoisotopic (exact) mass is 338 g/mol. The van der Waals surface area contributed by atoms with Gasteiger partial charge in [-0.1, -0.05) is 66.7 Å². The quantitative estimate of drug-likeness (QED) is 0.379. The molecule has 0 aliphatic carbocycles. The first-order valence-electron chi connectivity index (χ1n) is 8.79. The smallest absolute Gasteiger partial charge is 0.227 e. The lowest BCUT2D eigenvalue weighted by Crippen LogP contribution is -2.38. The molecule has 1 heterocycles. The first-order valence-corrected chi connectivity index (χ1v) is 8.79. The summed E-state index contributed by atoms with van der Waals surface area (Å²) in [4.78, 5) is 12.8. The molecule has 0 amide bonds. The number of hydrogen-bond acceptors (Lipinski definition) is 1. The molecule has 0 fully saturated rings. The molecule has 2 nitrogen and oxygen atoms in total. The van der Waals surface area contributed by atoms with Crippen LogP contribution in [0.1, 0.15) is 15.9 Å². The van der Waals surface area contributed by atoms with Gasteiger partial charge in [-0.2, -0.15) is 4.57 Å². The topological polar surface area (TPSA) is 20.9 Å². The zero-order valence-electron chi connectivity index (χ0n) is 14.7. The van der Waals surface area contributed by atoms with Crippen molar-refractivity contribution >= 4 is 16.7 Å². The number of aromatic nitrogens is 1. The predicted octanol–water partition coefficient (Wildman–Crippen LogP) is 4.99. The lowest BCUT2D eigenvalue weighted by atomic mass is 10.0. The Kier molecular flexibility index (Phi) is 4.32. The van der Waals surface area contributed by atoms with Crippen molar-refractivity contribution in [2.75, 3.05) is 0 Å². The van der Waals surface area contributed by atoms with Gasteiger partial charge in [0.15, 0.2) is 6.20 Å². The van der Waals surface area contributed by atoms with E-state index in [1.54, 1.807) is 0 Å². The predicted molar refractivity (Wildman–Crippen MR) is 105 cm³/mol. The molecule has 3 aromatic carbocycles. The lowest BCUT2D eigenvalue weighted by Gasteiger charge is -2.05. The minimum Gasteiger partial charge on any atom is -0.287 e. The van der Waals surface area contributed by atoms with E-state index in [0.29, 0.717) is 6.54 Å². The highest BCUT2D eigenvalue weighted by Crippen LogP contribution is 2.19. The van der Waals surface area contributed by atoms with E-state index in [4.69, 9.17) is 0 Å². The Bertz CT molecular complexity index is 1070. The van der Waals surface area contributed by atoms with Crippen LogP contribution >= 0.6 is 0 Å². The molecule has 4 rings (SSSR count). The molecular formula is C24H20NO+. The average molecular weight is 338 g/mol. The highest BCUT2D eigenvalue weighted by Gasteiger charge is 2.16. The van der Waals surface area contributed by atoms with Crippen molar-refractivity contribution in [2.45, 2.75) is 13.5 Å². The molecule has 0 bridgehead atoms. The Labute approximate surface area is 153 Å². The largest absolute Gasteiger partial charge is 0.287 e. The number of carbonyl (C=O) groups excluding carboxylic acids is 1. The van der Waals surface area contributed by atoms with Crippen LogP contribution in [0.4, 0.5) is 0 Å². The summed E-state index contributed by atoms with van der Waals surface area (Å²) in [6, 6.07) is 28.3. The summed E-state index contributed by atoms with van der Waals surface area (Å²) in [5.41, 5.74) is 5.32. The number of nitrogens with zero attached hydrogens (tertiary/aromatic N) is 1. The highest BCUT2D eigenvalue weighted by atomic mass is 16.1. The van der Waals surface area contributed by atoms with Crippen LogP contribution in [0.25, 0.3) is 22.0 Å². The summed E-state index contributed by atoms with van der Waals surface area (Å²) in [6.45, 7) is 2.43. The molecule has 126 valence electrons. The second kappa shape index (κ2) is 6.93. The maximum absolute atomic E-state index is 12.8. The molecule has 0 spiro atoms. The van der Waals surface area contributed by atoms with Gasteiger partial charge in [-0.15, -0.1) is 0 Å². The molecule has 0 unspecified atom stereocenters. The highest BCUT2D eigenvalue weighted by molar-refractivity contribution is 5.95. The first-order chi connectivity index (χ1) is 12.7. The molecule has 0 atom stereocenters. The zero-order chi connectivity index (χ0) is 17.9. The minimum atomic E-state index is 0.114. The molecule has 1 aromatic heterocycles. The van der Waals surface area contributed by atoms with Gasteiger partial charge in [-0.05, 0) is 29.7 Å². The van der Waals surface area contributed by atoms with Crippen molar-refractivity contribution in [3.8, 4) is 11.1 Å². The van der Waals surface area contributed by atoms with Gasteiger partial charge in [0.25, 0.3) is 0 Å². The fourth-order valence-corrected chi connectivity index (χ4v) is 3.29. The van der Waals surface area contributed by atoms with Crippen LogP contribution < -0.4 is 4.57 Å².